The summed E-state index contributed by atoms with van der Waals surface area (Å²) in [6.45, 7) is 9.35. The molecule has 2 aliphatic carbocycles. The summed E-state index contributed by atoms with van der Waals surface area (Å²) >= 11 is 0. The Hall–Kier alpha value is -1.24. The molecular formula is C27H49F9O4. The van der Waals surface area contributed by atoms with Gasteiger partial charge in [0.05, 0.1) is 6.10 Å². The zero-order valence-corrected chi connectivity index (χ0v) is 21.1. The van der Waals surface area contributed by atoms with Gasteiger partial charge in [-0.2, -0.15) is 39.5 Å². The van der Waals surface area contributed by atoms with Crippen molar-refractivity contribution in [2.24, 2.45) is 34.5 Å². The van der Waals surface area contributed by atoms with Gasteiger partial charge in [-0.1, -0.05) is 50.5 Å². The fourth-order valence-corrected chi connectivity index (χ4v) is 6.21. The van der Waals surface area contributed by atoms with E-state index in [1.165, 1.54) is 34.6 Å². The molecule has 0 radical (unpaired) electrons. The first-order valence-electron chi connectivity index (χ1n) is 11.5. The minimum Gasteiger partial charge on any atom is -0.459 e. The average Bonchev–Trinajstić information content (AvgIpc) is 3.14. The Morgan fingerprint density at radius 1 is 0.775 bits per heavy atom. The third kappa shape index (κ3) is 7.77. The van der Waals surface area contributed by atoms with Gasteiger partial charge in [0, 0.05) is 0 Å². The minimum absolute atomic E-state index is 0. The standard InChI is InChI=1S/C23H33F9O4.4CH4/c1-11-12-8-13(14(9-12)35-20(34,22(27,28)29)23(30,31)32)15(11)18(5,6)10-19(7,21(24,25)26)16(33)36-17(2,3)4;;;;/h11-15,34H,8-10H2,1-7H3;4*1H4. The van der Waals surface area contributed by atoms with Crippen molar-refractivity contribution in [1.29, 1.82) is 0 Å². The van der Waals surface area contributed by atoms with E-state index in [-0.39, 0.29) is 48.5 Å². The highest BCUT2D eigenvalue weighted by molar-refractivity contribution is 5.78. The molecule has 2 aliphatic rings. The summed E-state index contributed by atoms with van der Waals surface area (Å²) in [6, 6.07) is 0. The van der Waals surface area contributed by atoms with Crippen molar-refractivity contribution < 1.29 is 58.9 Å². The van der Waals surface area contributed by atoms with Crippen LogP contribution in [0.5, 0.6) is 0 Å². The number of alkyl halides is 9. The third-order valence-electron chi connectivity index (χ3n) is 7.64. The normalized spacial score (nSPS) is 26.9. The van der Waals surface area contributed by atoms with Crippen molar-refractivity contribution in [3.05, 3.63) is 0 Å². The summed E-state index contributed by atoms with van der Waals surface area (Å²) in [6.07, 6.45) is -20.0. The van der Waals surface area contributed by atoms with Gasteiger partial charge in [-0.05, 0) is 76.0 Å². The van der Waals surface area contributed by atoms with Crippen molar-refractivity contribution in [3.63, 3.8) is 0 Å². The molecule has 6 unspecified atom stereocenters. The van der Waals surface area contributed by atoms with E-state index in [2.05, 4.69) is 4.74 Å². The molecule has 40 heavy (non-hydrogen) atoms. The zero-order chi connectivity index (χ0) is 28.5. The first kappa shape index (κ1) is 43.2. The molecular weight excluding hydrogens is 559 g/mol. The molecule has 0 aromatic rings. The largest absolute Gasteiger partial charge is 0.459 e. The number of hydrogen-bond acceptors (Lipinski definition) is 4. The number of carbonyl (C=O) groups is 1. The van der Waals surface area contributed by atoms with E-state index in [0.29, 0.717) is 6.92 Å². The lowest BCUT2D eigenvalue weighted by molar-refractivity contribution is -0.468. The number of carbonyl (C=O) groups excluding carboxylic acids is 1. The van der Waals surface area contributed by atoms with Gasteiger partial charge in [0.25, 0.3) is 0 Å². The van der Waals surface area contributed by atoms with Crippen LogP contribution < -0.4 is 0 Å². The molecule has 2 bridgehead atoms. The Bertz CT molecular complexity index is 814. The van der Waals surface area contributed by atoms with Gasteiger partial charge in [-0.3, -0.25) is 4.79 Å². The summed E-state index contributed by atoms with van der Waals surface area (Å²) in [5.74, 6) is -9.55. The Balaban J connectivity index is -0.00000342. The summed E-state index contributed by atoms with van der Waals surface area (Å²) in [5.41, 5.74) is -5.59. The van der Waals surface area contributed by atoms with Crippen molar-refractivity contribution in [1.82, 2.24) is 0 Å². The molecule has 0 aromatic carbocycles. The van der Waals surface area contributed by atoms with Crippen molar-refractivity contribution in [3.8, 4) is 0 Å². The highest BCUT2D eigenvalue weighted by atomic mass is 19.4. The highest BCUT2D eigenvalue weighted by Crippen LogP contribution is 2.63. The first-order chi connectivity index (χ1) is 15.7. The van der Waals surface area contributed by atoms with E-state index >= 15 is 0 Å². The molecule has 244 valence electrons. The quantitative estimate of drug-likeness (QED) is 0.186. The van der Waals surface area contributed by atoms with E-state index in [4.69, 9.17) is 4.74 Å². The minimum atomic E-state index is -6.19. The van der Waals surface area contributed by atoms with E-state index in [1.807, 2.05) is 0 Å². The van der Waals surface area contributed by atoms with Crippen LogP contribution in [0.4, 0.5) is 39.5 Å². The van der Waals surface area contributed by atoms with Crippen LogP contribution in [0.3, 0.4) is 0 Å². The maximum Gasteiger partial charge on any atom is 0.453 e. The maximum absolute atomic E-state index is 14.2. The molecule has 0 spiro atoms. The summed E-state index contributed by atoms with van der Waals surface area (Å²) < 4.78 is 131. The van der Waals surface area contributed by atoms with Crippen LogP contribution >= 0.6 is 0 Å². The number of hydrogen-bond donors (Lipinski definition) is 1. The van der Waals surface area contributed by atoms with Crippen LogP contribution in [0, 0.1) is 34.5 Å². The number of halogens is 9. The van der Waals surface area contributed by atoms with Crippen LogP contribution in [0.15, 0.2) is 0 Å². The van der Waals surface area contributed by atoms with Crippen molar-refractivity contribution in [2.75, 3.05) is 0 Å². The average molecular weight is 609 g/mol. The number of fused-ring (bicyclic) bond motifs is 2. The fraction of sp³-hybridized carbons (Fsp3) is 0.963. The Morgan fingerprint density at radius 2 is 1.20 bits per heavy atom. The Morgan fingerprint density at radius 3 is 1.52 bits per heavy atom. The maximum atomic E-state index is 14.2. The van der Waals surface area contributed by atoms with Crippen molar-refractivity contribution in [2.45, 2.75) is 133 Å². The Labute approximate surface area is 233 Å². The Kier molecular flexibility index (Phi) is 13.6. The van der Waals surface area contributed by atoms with Crippen LogP contribution in [0.1, 0.15) is 97.4 Å². The SMILES string of the molecule is C.C.C.C.CC1C2CC(OC(O)(C(F)(F)F)C(F)(F)F)C(C2)C1C(C)(C)CC(C)(C(=O)OC(C)(C)C)C(F)(F)F. The van der Waals surface area contributed by atoms with E-state index in [0.717, 1.165) is 0 Å². The van der Waals surface area contributed by atoms with E-state index in [1.54, 1.807) is 6.92 Å². The van der Waals surface area contributed by atoms with Gasteiger partial charge in [-0.15, -0.1) is 0 Å². The summed E-state index contributed by atoms with van der Waals surface area (Å²) in [4.78, 5) is 12.7. The molecule has 0 saturated heterocycles. The van der Waals surface area contributed by atoms with E-state index < -0.39 is 77.0 Å². The summed E-state index contributed by atoms with van der Waals surface area (Å²) in [5, 5.41) is 9.52. The summed E-state index contributed by atoms with van der Waals surface area (Å²) in [7, 11) is 0. The third-order valence-corrected chi connectivity index (χ3v) is 7.64. The molecule has 2 saturated carbocycles. The van der Waals surface area contributed by atoms with E-state index in [9.17, 15) is 49.4 Å². The second-order valence-electron chi connectivity index (χ2n) is 12.1. The van der Waals surface area contributed by atoms with Gasteiger partial charge in [0.1, 0.15) is 5.60 Å². The molecule has 2 rings (SSSR count). The van der Waals surface area contributed by atoms with Crippen molar-refractivity contribution >= 4 is 5.97 Å². The predicted octanol–water partition coefficient (Wildman–Crippen LogP) is 9.35. The number of ether oxygens (including phenoxy) is 2. The lowest BCUT2D eigenvalue weighted by Crippen LogP contribution is -2.61. The molecule has 0 aromatic heterocycles. The van der Waals surface area contributed by atoms with Crippen LogP contribution in [-0.4, -0.2) is 47.1 Å². The first-order valence-corrected chi connectivity index (χ1v) is 11.5. The molecule has 2 fully saturated rings. The lowest BCUT2D eigenvalue weighted by atomic mass is 9.59. The fourth-order valence-electron chi connectivity index (χ4n) is 6.21. The number of rotatable bonds is 6. The molecule has 0 amide bonds. The van der Waals surface area contributed by atoms with Crippen LogP contribution in [0.2, 0.25) is 0 Å². The van der Waals surface area contributed by atoms with Gasteiger partial charge in [0.15, 0.2) is 5.41 Å². The molecule has 13 heteroatoms. The molecule has 6 atom stereocenters. The predicted molar refractivity (Wildman–Crippen MR) is 136 cm³/mol. The zero-order valence-electron chi connectivity index (χ0n) is 21.1. The van der Waals surface area contributed by atoms with Gasteiger partial charge in [0.2, 0.25) is 0 Å². The molecule has 1 N–H and O–H groups in total. The van der Waals surface area contributed by atoms with Crippen LogP contribution in [0.25, 0.3) is 0 Å². The number of aliphatic hydroxyl groups is 1. The molecule has 0 aliphatic heterocycles. The lowest BCUT2D eigenvalue weighted by Gasteiger charge is -2.48. The topological polar surface area (TPSA) is 55.8 Å². The number of esters is 1. The second-order valence-corrected chi connectivity index (χ2v) is 12.1. The second kappa shape index (κ2) is 12.6. The van der Waals surface area contributed by atoms with Gasteiger partial charge < -0.3 is 14.6 Å². The van der Waals surface area contributed by atoms with Gasteiger partial charge in [-0.25, -0.2) is 0 Å². The van der Waals surface area contributed by atoms with Gasteiger partial charge >= 0.3 is 30.3 Å². The molecule has 0 heterocycles. The van der Waals surface area contributed by atoms with Crippen LogP contribution in [-0.2, 0) is 14.3 Å². The molecule has 4 nitrogen and oxygen atoms in total. The smallest absolute Gasteiger partial charge is 0.453 e. The monoisotopic (exact) mass is 608 g/mol. The highest BCUT2D eigenvalue weighted by Gasteiger charge is 2.74.